The van der Waals surface area contributed by atoms with Gasteiger partial charge in [-0.25, -0.2) is 4.98 Å². The Morgan fingerprint density at radius 1 is 1.22 bits per heavy atom. The number of nitrogens with one attached hydrogen (secondary N) is 2. The lowest BCUT2D eigenvalue weighted by Crippen LogP contribution is -2.42. The molecule has 1 aromatic carbocycles. The first kappa shape index (κ1) is 16.1. The average molecular weight is 318 g/mol. The third-order valence-corrected chi connectivity index (χ3v) is 2.77. The Labute approximate surface area is 130 Å². The molecule has 120 valence electrons. The van der Waals surface area contributed by atoms with Gasteiger partial charge in [-0.2, -0.15) is 0 Å². The van der Waals surface area contributed by atoms with E-state index in [1.807, 2.05) is 5.43 Å². The van der Waals surface area contributed by atoms with Crippen molar-refractivity contribution in [3.63, 3.8) is 0 Å². The molecule has 0 unspecified atom stereocenters. The van der Waals surface area contributed by atoms with Gasteiger partial charge in [-0.1, -0.05) is 12.1 Å². The monoisotopic (exact) mass is 318 g/mol. The summed E-state index contributed by atoms with van der Waals surface area (Å²) in [6, 6.07) is 6.74. The predicted octanol–water partition coefficient (Wildman–Crippen LogP) is -0.893. The number of aromatic nitrogens is 2. The van der Waals surface area contributed by atoms with Gasteiger partial charge in [0.05, 0.1) is 17.2 Å². The Hall–Kier alpha value is -3.23. The number of carbonyl (C=O) groups excluding carboxylic acids is 3. The van der Waals surface area contributed by atoms with Crippen LogP contribution in [0.2, 0.25) is 0 Å². The minimum atomic E-state index is -0.776. The maximum absolute atomic E-state index is 12.2. The number of hydrazine groups is 1. The summed E-state index contributed by atoms with van der Waals surface area (Å²) in [5.41, 5.74) is 4.24. The molecular formula is C14H14N4O5. The van der Waals surface area contributed by atoms with Gasteiger partial charge in [0.15, 0.2) is 6.61 Å². The highest BCUT2D eigenvalue weighted by Gasteiger charge is 2.11. The molecule has 0 radical (unpaired) electrons. The topological polar surface area (TPSA) is 119 Å². The molecule has 0 saturated carbocycles. The first-order chi connectivity index (χ1) is 11.0. The van der Waals surface area contributed by atoms with Crippen molar-refractivity contribution in [2.45, 2.75) is 13.5 Å². The van der Waals surface area contributed by atoms with Gasteiger partial charge in [0.25, 0.3) is 11.5 Å². The van der Waals surface area contributed by atoms with Crippen LogP contribution in [0.1, 0.15) is 6.92 Å². The van der Waals surface area contributed by atoms with Crippen molar-refractivity contribution in [3.8, 4) is 0 Å². The van der Waals surface area contributed by atoms with Crippen LogP contribution >= 0.6 is 0 Å². The summed E-state index contributed by atoms with van der Waals surface area (Å²) < 4.78 is 5.81. The van der Waals surface area contributed by atoms with Gasteiger partial charge in [-0.15, -0.1) is 0 Å². The smallest absolute Gasteiger partial charge is 0.326 e. The van der Waals surface area contributed by atoms with E-state index in [9.17, 15) is 19.2 Å². The molecular weight excluding hydrogens is 304 g/mol. The van der Waals surface area contributed by atoms with Crippen LogP contribution in [0, 0.1) is 0 Å². The zero-order chi connectivity index (χ0) is 16.8. The Balaban J connectivity index is 1.96. The summed E-state index contributed by atoms with van der Waals surface area (Å²) in [6.45, 7) is 0.268. The summed E-state index contributed by atoms with van der Waals surface area (Å²) in [5.74, 6) is -1.93. The Morgan fingerprint density at radius 3 is 2.70 bits per heavy atom. The minimum Gasteiger partial charge on any atom is -0.454 e. The highest BCUT2D eigenvalue weighted by atomic mass is 16.5. The van der Waals surface area contributed by atoms with Crippen LogP contribution in [0.5, 0.6) is 0 Å². The molecule has 23 heavy (non-hydrogen) atoms. The Kier molecular flexibility index (Phi) is 5.03. The fourth-order valence-corrected chi connectivity index (χ4v) is 1.74. The Bertz CT molecular complexity index is 814. The molecule has 1 aromatic heterocycles. The van der Waals surface area contributed by atoms with Crippen molar-refractivity contribution in [2.75, 3.05) is 6.61 Å². The van der Waals surface area contributed by atoms with E-state index in [1.165, 1.54) is 13.3 Å². The van der Waals surface area contributed by atoms with Crippen LogP contribution in [-0.2, 0) is 25.7 Å². The van der Waals surface area contributed by atoms with E-state index in [-0.39, 0.29) is 12.1 Å². The number of nitrogens with zero attached hydrogens (tertiary/aromatic N) is 2. The van der Waals surface area contributed by atoms with Gasteiger partial charge in [-0.05, 0) is 12.1 Å². The highest BCUT2D eigenvalue weighted by Crippen LogP contribution is 2.04. The molecule has 2 aromatic rings. The lowest BCUT2D eigenvalue weighted by atomic mass is 10.2. The first-order valence-corrected chi connectivity index (χ1v) is 6.62. The fourth-order valence-electron chi connectivity index (χ4n) is 1.74. The standard InChI is InChI=1S/C14H14N4O5/c1-9(19)16-17-12(20)7-23-13(21)6-18-8-15-11-5-3-2-4-10(11)14(18)22/h2-5,8H,6-7H2,1H3,(H,16,19)(H,17,20). The Morgan fingerprint density at radius 2 is 1.96 bits per heavy atom. The van der Waals surface area contributed by atoms with E-state index >= 15 is 0 Å². The van der Waals surface area contributed by atoms with E-state index in [2.05, 4.69) is 10.4 Å². The molecule has 0 fully saturated rings. The predicted molar refractivity (Wildman–Crippen MR) is 78.9 cm³/mol. The summed E-state index contributed by atoms with van der Waals surface area (Å²) in [7, 11) is 0. The van der Waals surface area contributed by atoms with Crippen LogP contribution < -0.4 is 16.4 Å². The number of carbonyl (C=O) groups is 3. The van der Waals surface area contributed by atoms with Crippen molar-refractivity contribution >= 4 is 28.7 Å². The third-order valence-electron chi connectivity index (χ3n) is 2.77. The molecule has 0 spiro atoms. The number of esters is 1. The first-order valence-electron chi connectivity index (χ1n) is 6.62. The number of benzene rings is 1. The highest BCUT2D eigenvalue weighted by molar-refractivity contribution is 5.83. The minimum absolute atomic E-state index is 0.371. The van der Waals surface area contributed by atoms with Crippen molar-refractivity contribution < 1.29 is 19.1 Å². The maximum atomic E-state index is 12.2. The molecule has 1 heterocycles. The van der Waals surface area contributed by atoms with Gasteiger partial charge in [0.1, 0.15) is 6.54 Å². The van der Waals surface area contributed by atoms with Crippen LogP contribution in [0.15, 0.2) is 35.4 Å². The molecule has 2 rings (SSSR count). The number of fused-ring (bicyclic) bond motifs is 1. The number of hydrogen-bond acceptors (Lipinski definition) is 6. The molecule has 9 heteroatoms. The molecule has 0 atom stereocenters. The SMILES string of the molecule is CC(=O)NNC(=O)COC(=O)Cn1cnc2ccccc2c1=O. The molecule has 0 aliphatic heterocycles. The van der Waals surface area contributed by atoms with E-state index in [1.54, 1.807) is 24.3 Å². The number of rotatable bonds is 4. The van der Waals surface area contributed by atoms with Crippen molar-refractivity contribution in [1.29, 1.82) is 0 Å². The van der Waals surface area contributed by atoms with E-state index in [0.717, 1.165) is 4.57 Å². The average Bonchev–Trinajstić information content (AvgIpc) is 2.54. The second-order valence-corrected chi connectivity index (χ2v) is 4.58. The van der Waals surface area contributed by atoms with Gasteiger partial charge in [0, 0.05) is 6.92 Å². The van der Waals surface area contributed by atoms with E-state index in [4.69, 9.17) is 4.74 Å². The molecule has 2 amide bonds. The van der Waals surface area contributed by atoms with E-state index < -0.39 is 24.4 Å². The van der Waals surface area contributed by atoms with Gasteiger partial charge < -0.3 is 4.74 Å². The van der Waals surface area contributed by atoms with Crippen LogP contribution in [0.4, 0.5) is 0 Å². The van der Waals surface area contributed by atoms with Gasteiger partial charge >= 0.3 is 5.97 Å². The number of hydrogen-bond donors (Lipinski definition) is 2. The molecule has 0 aliphatic rings. The zero-order valence-corrected chi connectivity index (χ0v) is 12.2. The molecule has 0 saturated heterocycles. The lowest BCUT2D eigenvalue weighted by molar-refractivity contribution is -0.149. The molecule has 2 N–H and O–H groups in total. The maximum Gasteiger partial charge on any atom is 0.326 e. The largest absolute Gasteiger partial charge is 0.454 e. The quantitative estimate of drug-likeness (QED) is 0.557. The molecule has 9 nitrogen and oxygen atoms in total. The second kappa shape index (κ2) is 7.16. The molecule has 0 bridgehead atoms. The van der Waals surface area contributed by atoms with Crippen LogP contribution in [-0.4, -0.2) is 33.9 Å². The van der Waals surface area contributed by atoms with Gasteiger partial charge in [0.2, 0.25) is 5.91 Å². The lowest BCUT2D eigenvalue weighted by Gasteiger charge is -2.08. The second-order valence-electron chi connectivity index (χ2n) is 4.58. The van der Waals surface area contributed by atoms with Crippen LogP contribution in [0.25, 0.3) is 10.9 Å². The van der Waals surface area contributed by atoms with Gasteiger partial charge in [-0.3, -0.25) is 34.6 Å². The number of ether oxygens (including phenoxy) is 1. The molecule has 0 aliphatic carbocycles. The van der Waals surface area contributed by atoms with Crippen LogP contribution in [0.3, 0.4) is 0 Å². The zero-order valence-electron chi connectivity index (χ0n) is 12.2. The fraction of sp³-hybridized carbons (Fsp3) is 0.214. The van der Waals surface area contributed by atoms with Crippen molar-refractivity contribution in [3.05, 3.63) is 40.9 Å². The van der Waals surface area contributed by atoms with Crippen molar-refractivity contribution in [2.24, 2.45) is 0 Å². The summed E-state index contributed by atoms with van der Waals surface area (Å²) in [6.07, 6.45) is 1.24. The summed E-state index contributed by atoms with van der Waals surface area (Å²) in [5, 5.41) is 0.381. The number of para-hydroxylation sites is 1. The number of amides is 2. The normalized spacial score (nSPS) is 10.1. The summed E-state index contributed by atoms with van der Waals surface area (Å²) >= 11 is 0. The van der Waals surface area contributed by atoms with Crippen molar-refractivity contribution in [1.82, 2.24) is 20.4 Å². The van der Waals surface area contributed by atoms with E-state index in [0.29, 0.717) is 10.9 Å². The summed E-state index contributed by atoms with van der Waals surface area (Å²) in [4.78, 5) is 49.8. The third kappa shape index (κ3) is 4.37.